The molecule has 19 heteroatoms. The first-order chi connectivity index (χ1) is 33.8. The van der Waals surface area contributed by atoms with Gasteiger partial charge in [0.2, 0.25) is 29.6 Å². The Bertz CT molecular complexity index is 2950. The van der Waals surface area contributed by atoms with Crippen LogP contribution in [0.25, 0.3) is 10.9 Å². The van der Waals surface area contributed by atoms with Gasteiger partial charge in [-0.25, -0.2) is 9.37 Å². The average molecular weight is 953 g/mol. The molecule has 1 atom stereocenters. The van der Waals surface area contributed by atoms with Crippen LogP contribution in [0.3, 0.4) is 0 Å². The first-order valence-corrected chi connectivity index (χ1v) is 22.8. The number of nitrogens with zero attached hydrogens (tertiary/aromatic N) is 5. The lowest BCUT2D eigenvalue weighted by Crippen LogP contribution is -2.51. The summed E-state index contributed by atoms with van der Waals surface area (Å²) in [5.41, 5.74) is 2.33. The largest absolute Gasteiger partial charge is 0.495 e. The summed E-state index contributed by atoms with van der Waals surface area (Å²) in [4.78, 5) is 78.0. The molecule has 0 spiro atoms. The number of halogens is 2. The van der Waals surface area contributed by atoms with Crippen LogP contribution in [0.15, 0.2) is 109 Å². The summed E-state index contributed by atoms with van der Waals surface area (Å²) in [6.45, 7) is 4.10. The van der Waals surface area contributed by atoms with Gasteiger partial charge in [0.25, 0.3) is 5.91 Å². The topological polar surface area (TPSA) is 199 Å². The number of hydrogen-bond donors (Lipinski definition) is 5. The minimum atomic E-state index is -1.20. The number of hydrogen-bond acceptors (Lipinski definition) is 13. The number of nitrogens with one attached hydrogen (secondary N) is 5. The standard InChI is InChI=1S/C51H50F2N10O7/c1-61(41-16-18-45(64)60-48(41)66)44-17-15-40(46(53)59-44)63-27-25-62(26-28-63)24-23-54-33-7-3-31(4-8-33)47(65)58-39-30-38-37(29-43(39)69-2)42(19-22-55-38)70-36-13-11-35(12-14-36)57-50(68)51(20-21-51)49(67)56-34-9-5-32(52)6-10-34/h3-15,17,19,22,29-30,41,54H,16,18,20-21,23-28H2,1-2H3,(H,56,67)(H,57,68)(H,58,65)(H,60,64,66). The predicted octanol–water partition coefficient (Wildman–Crippen LogP) is 6.79. The van der Waals surface area contributed by atoms with E-state index >= 15 is 4.39 Å². The number of carbonyl (C=O) groups is 5. The van der Waals surface area contributed by atoms with Crippen molar-refractivity contribution >= 4 is 74.7 Å². The van der Waals surface area contributed by atoms with Gasteiger partial charge >= 0.3 is 0 Å². The Labute approximate surface area is 401 Å². The Morgan fingerprint density at radius 2 is 1.49 bits per heavy atom. The van der Waals surface area contributed by atoms with Crippen LogP contribution in [0.1, 0.15) is 36.0 Å². The van der Waals surface area contributed by atoms with E-state index in [0.717, 1.165) is 25.3 Å². The molecule has 5 amide bonds. The van der Waals surface area contributed by atoms with Crippen LogP contribution >= 0.6 is 0 Å². The molecule has 0 bridgehead atoms. The number of imide groups is 1. The quantitative estimate of drug-likeness (QED) is 0.0386. The molecule has 1 aliphatic carbocycles. The van der Waals surface area contributed by atoms with Crippen LogP contribution in [0.4, 0.5) is 43.0 Å². The Balaban J connectivity index is 0.740. The number of amides is 5. The molecule has 6 aromatic rings. The summed E-state index contributed by atoms with van der Waals surface area (Å²) < 4.78 is 40.5. The number of piperidine rings is 1. The van der Waals surface area contributed by atoms with Crippen LogP contribution < -0.4 is 45.9 Å². The second-order valence-corrected chi connectivity index (χ2v) is 17.3. The van der Waals surface area contributed by atoms with Crippen molar-refractivity contribution in [3.8, 4) is 17.2 Å². The molecule has 2 aromatic heterocycles. The zero-order valence-electron chi connectivity index (χ0n) is 38.4. The van der Waals surface area contributed by atoms with Crippen molar-refractivity contribution in [2.24, 2.45) is 5.41 Å². The lowest BCUT2D eigenvalue weighted by molar-refractivity contribution is -0.134. The lowest BCUT2D eigenvalue weighted by Gasteiger charge is -2.36. The molecule has 4 heterocycles. The molecule has 1 unspecified atom stereocenters. The van der Waals surface area contributed by atoms with E-state index in [1.807, 2.05) is 17.0 Å². The number of fused-ring (bicyclic) bond motifs is 1. The summed E-state index contributed by atoms with van der Waals surface area (Å²) in [5, 5.41) is 14.8. The smallest absolute Gasteiger partial charge is 0.255 e. The number of anilines is 6. The highest BCUT2D eigenvalue weighted by Crippen LogP contribution is 2.47. The monoisotopic (exact) mass is 952 g/mol. The van der Waals surface area contributed by atoms with Gasteiger partial charge in [-0.15, -0.1) is 0 Å². The first-order valence-electron chi connectivity index (χ1n) is 22.8. The van der Waals surface area contributed by atoms with Crippen molar-refractivity contribution < 1.29 is 42.2 Å². The number of methoxy groups -OCH3 is 1. The van der Waals surface area contributed by atoms with E-state index in [1.54, 1.807) is 84.9 Å². The summed E-state index contributed by atoms with van der Waals surface area (Å²) in [6, 6.07) is 27.2. The minimum Gasteiger partial charge on any atom is -0.495 e. The number of likely N-dealkylation sites (N-methyl/N-ethyl adjacent to an activating group) is 1. The molecular formula is C51H50F2N10O7. The predicted molar refractivity (Wildman–Crippen MR) is 260 cm³/mol. The van der Waals surface area contributed by atoms with Crippen molar-refractivity contribution in [2.75, 3.05) is 84.5 Å². The average Bonchev–Trinajstić information content (AvgIpc) is 4.18. The number of carbonyl (C=O) groups excluding carboxylic acids is 5. The number of pyridine rings is 2. The molecule has 9 rings (SSSR count). The molecule has 2 aliphatic heterocycles. The van der Waals surface area contributed by atoms with E-state index in [1.165, 1.54) is 31.4 Å². The highest BCUT2D eigenvalue weighted by molar-refractivity contribution is 6.17. The van der Waals surface area contributed by atoms with Gasteiger partial charge in [-0.05, 0) is 122 Å². The Morgan fingerprint density at radius 3 is 2.13 bits per heavy atom. The molecule has 17 nitrogen and oxygen atoms in total. The summed E-state index contributed by atoms with van der Waals surface area (Å²) in [6.07, 6.45) is 2.95. The van der Waals surface area contributed by atoms with E-state index in [4.69, 9.17) is 9.47 Å². The summed E-state index contributed by atoms with van der Waals surface area (Å²) in [7, 11) is 3.17. The second-order valence-electron chi connectivity index (χ2n) is 17.3. The molecule has 360 valence electrons. The molecule has 0 radical (unpaired) electrons. The molecular weight excluding hydrogens is 903 g/mol. The Morgan fingerprint density at radius 1 is 0.814 bits per heavy atom. The van der Waals surface area contributed by atoms with Gasteiger partial charge in [-0.3, -0.25) is 39.2 Å². The van der Waals surface area contributed by atoms with Gasteiger partial charge in [-0.2, -0.15) is 4.39 Å². The number of aromatic nitrogens is 2. The van der Waals surface area contributed by atoms with Crippen molar-refractivity contribution in [3.63, 3.8) is 0 Å². The molecule has 5 N–H and O–H groups in total. The van der Waals surface area contributed by atoms with Gasteiger partial charge in [0.05, 0.1) is 24.0 Å². The highest BCUT2D eigenvalue weighted by atomic mass is 19.1. The third-order valence-electron chi connectivity index (χ3n) is 12.8. The van der Waals surface area contributed by atoms with Gasteiger partial charge in [0, 0.05) is 86.9 Å². The maximum Gasteiger partial charge on any atom is 0.255 e. The number of piperazine rings is 1. The third kappa shape index (κ3) is 10.4. The van der Waals surface area contributed by atoms with E-state index in [2.05, 4.69) is 41.5 Å². The maximum absolute atomic E-state index is 15.3. The van der Waals surface area contributed by atoms with E-state index in [-0.39, 0.29) is 18.2 Å². The SMILES string of the molecule is COc1cc2c(Oc3ccc(NC(=O)C4(C(=O)Nc5ccc(F)cc5)CC4)cc3)ccnc2cc1NC(=O)c1ccc(NCCN2CCN(c3ccc(N(C)C4CCC(=O)NC4=O)nc3F)CC2)cc1. The van der Waals surface area contributed by atoms with Gasteiger partial charge < -0.3 is 40.5 Å². The molecule has 4 aromatic carbocycles. The summed E-state index contributed by atoms with van der Waals surface area (Å²) in [5.74, 6) is -1.30. The fourth-order valence-electron chi connectivity index (χ4n) is 8.52. The van der Waals surface area contributed by atoms with Crippen LogP contribution in [0, 0.1) is 17.2 Å². The zero-order chi connectivity index (χ0) is 48.9. The normalized spacial score (nSPS) is 16.5. The minimum absolute atomic E-state index is 0.223. The fraction of sp³-hybridized carbons (Fsp3) is 0.275. The Hall–Kier alpha value is -8.19. The van der Waals surface area contributed by atoms with Gasteiger partial charge in [0.15, 0.2) is 0 Å². The van der Waals surface area contributed by atoms with Crippen LogP contribution in [-0.4, -0.2) is 104 Å². The van der Waals surface area contributed by atoms with E-state index < -0.39 is 40.9 Å². The number of rotatable bonds is 16. The van der Waals surface area contributed by atoms with Crippen molar-refractivity contribution in [3.05, 3.63) is 127 Å². The zero-order valence-corrected chi connectivity index (χ0v) is 38.4. The number of benzene rings is 4. The summed E-state index contributed by atoms with van der Waals surface area (Å²) >= 11 is 0. The molecule has 2 saturated heterocycles. The van der Waals surface area contributed by atoms with E-state index in [9.17, 15) is 28.4 Å². The van der Waals surface area contributed by atoms with Crippen LogP contribution in [0.5, 0.6) is 17.2 Å². The second kappa shape index (κ2) is 20.2. The molecule has 1 saturated carbocycles. The van der Waals surface area contributed by atoms with Gasteiger partial charge in [0.1, 0.15) is 40.3 Å². The first kappa shape index (κ1) is 46.9. The van der Waals surface area contributed by atoms with Crippen molar-refractivity contribution in [2.45, 2.75) is 31.7 Å². The lowest BCUT2D eigenvalue weighted by atomic mass is 10.0. The molecule has 3 fully saturated rings. The molecule has 3 aliphatic rings. The van der Waals surface area contributed by atoms with Crippen molar-refractivity contribution in [1.82, 2.24) is 20.2 Å². The third-order valence-corrected chi connectivity index (χ3v) is 12.8. The Kier molecular flexibility index (Phi) is 13.5. The van der Waals surface area contributed by atoms with Crippen LogP contribution in [0.2, 0.25) is 0 Å². The van der Waals surface area contributed by atoms with Gasteiger partial charge in [-0.1, -0.05) is 0 Å². The van der Waals surface area contributed by atoms with Crippen molar-refractivity contribution in [1.29, 1.82) is 0 Å². The number of ether oxygens (including phenoxy) is 2. The highest BCUT2D eigenvalue weighted by Gasteiger charge is 2.56. The fourth-order valence-corrected chi connectivity index (χ4v) is 8.52. The molecule has 70 heavy (non-hydrogen) atoms. The van der Waals surface area contributed by atoms with Crippen LogP contribution in [-0.2, 0) is 19.2 Å². The maximum atomic E-state index is 15.3. The van der Waals surface area contributed by atoms with E-state index in [0.29, 0.717) is 101 Å².